The van der Waals surface area contributed by atoms with Gasteiger partial charge in [-0.05, 0) is 12.1 Å². The minimum atomic E-state index is -0.901. The Morgan fingerprint density at radius 3 is 2.71 bits per heavy atom. The number of amidine groups is 1. The Bertz CT molecular complexity index is 1380. The summed E-state index contributed by atoms with van der Waals surface area (Å²) >= 11 is 0. The van der Waals surface area contributed by atoms with Crippen LogP contribution in [-0.4, -0.2) is 50.6 Å². The fourth-order valence-electron chi connectivity index (χ4n) is 3.68. The van der Waals surface area contributed by atoms with Crippen molar-refractivity contribution in [3.05, 3.63) is 54.5 Å². The molecule has 0 radical (unpaired) electrons. The molecule has 3 aromatic heterocycles. The molecule has 5 rings (SSSR count). The van der Waals surface area contributed by atoms with Gasteiger partial charge < -0.3 is 24.9 Å². The van der Waals surface area contributed by atoms with E-state index in [1.165, 1.54) is 6.20 Å². The van der Waals surface area contributed by atoms with Crippen molar-refractivity contribution in [2.24, 2.45) is 17.5 Å². The van der Waals surface area contributed by atoms with Crippen LogP contribution in [0.2, 0.25) is 0 Å². The molecule has 0 unspecified atom stereocenters. The van der Waals surface area contributed by atoms with Crippen molar-refractivity contribution in [3.63, 3.8) is 0 Å². The van der Waals surface area contributed by atoms with Crippen LogP contribution in [-0.2, 0) is 11.8 Å². The van der Waals surface area contributed by atoms with Crippen LogP contribution in [0.3, 0.4) is 0 Å². The third-order valence-corrected chi connectivity index (χ3v) is 5.64. The van der Waals surface area contributed by atoms with Crippen LogP contribution in [0.1, 0.15) is 6.92 Å². The van der Waals surface area contributed by atoms with E-state index in [0.29, 0.717) is 17.6 Å². The van der Waals surface area contributed by atoms with Gasteiger partial charge >= 0.3 is 0 Å². The number of aliphatic hydroxyl groups excluding tert-OH is 1. The maximum Gasteiger partial charge on any atom is 0.289 e. The van der Waals surface area contributed by atoms with Crippen LogP contribution < -0.4 is 10.1 Å². The zero-order valence-electron chi connectivity index (χ0n) is 18.5. The highest BCUT2D eigenvalue weighted by Crippen LogP contribution is 2.38. The number of hydrogen-bond donors (Lipinski definition) is 3. The van der Waals surface area contributed by atoms with Gasteiger partial charge in [-0.3, -0.25) is 4.68 Å². The minimum absolute atomic E-state index is 0.0786. The fraction of sp³-hybridized carbons (Fsp3) is 0.261. The molecular formula is C23H22F2N6O3. The topological polar surface area (TPSA) is 110 Å². The number of fused-ring (bicyclic) bond motifs is 1. The molecule has 4 heterocycles. The second-order valence-corrected chi connectivity index (χ2v) is 8.45. The smallest absolute Gasteiger partial charge is 0.289 e. The van der Waals surface area contributed by atoms with E-state index in [4.69, 9.17) is 9.47 Å². The van der Waals surface area contributed by atoms with Crippen LogP contribution in [0.5, 0.6) is 11.5 Å². The van der Waals surface area contributed by atoms with E-state index in [-0.39, 0.29) is 30.7 Å². The highest BCUT2D eigenvalue weighted by atomic mass is 19.1. The van der Waals surface area contributed by atoms with Crippen LogP contribution in [0.25, 0.3) is 22.3 Å². The largest absolute Gasteiger partial charge is 0.464 e. The summed E-state index contributed by atoms with van der Waals surface area (Å²) in [5.74, 6) is -2.11. The lowest BCUT2D eigenvalue weighted by Gasteiger charge is -2.30. The third-order valence-electron chi connectivity index (χ3n) is 5.64. The SMILES string of the molecule is Cn1nccc1-c1c[nH]c2nccc(Oc3c(F)cc(NC4=NC[C@](C)(CO)CO4)cc3F)c12. The lowest BCUT2D eigenvalue weighted by atomic mass is 9.93. The summed E-state index contributed by atoms with van der Waals surface area (Å²) in [5, 5.41) is 16.9. The van der Waals surface area contributed by atoms with Gasteiger partial charge in [-0.25, -0.2) is 18.8 Å². The number of H-pyrrole nitrogens is 1. The summed E-state index contributed by atoms with van der Waals surface area (Å²) in [6.45, 7) is 2.31. The zero-order chi connectivity index (χ0) is 23.9. The van der Waals surface area contributed by atoms with Crippen molar-refractivity contribution in [1.82, 2.24) is 19.7 Å². The molecule has 0 saturated heterocycles. The second-order valence-electron chi connectivity index (χ2n) is 8.45. The number of benzene rings is 1. The van der Waals surface area contributed by atoms with Crippen molar-refractivity contribution in [2.45, 2.75) is 6.92 Å². The minimum Gasteiger partial charge on any atom is -0.464 e. The van der Waals surface area contributed by atoms with Crippen molar-refractivity contribution in [3.8, 4) is 22.8 Å². The van der Waals surface area contributed by atoms with Gasteiger partial charge in [-0.15, -0.1) is 0 Å². The van der Waals surface area contributed by atoms with Gasteiger partial charge in [0.1, 0.15) is 18.0 Å². The molecule has 0 fully saturated rings. The third kappa shape index (κ3) is 3.94. The van der Waals surface area contributed by atoms with Crippen LogP contribution in [0, 0.1) is 17.0 Å². The maximum atomic E-state index is 14.9. The highest BCUT2D eigenvalue weighted by molar-refractivity contribution is 5.97. The molecule has 1 atom stereocenters. The first-order valence-electron chi connectivity index (χ1n) is 10.5. The Labute approximate surface area is 193 Å². The van der Waals surface area contributed by atoms with Gasteiger partial charge in [0.05, 0.1) is 24.2 Å². The molecule has 1 aromatic carbocycles. The van der Waals surface area contributed by atoms with Crippen molar-refractivity contribution in [1.29, 1.82) is 0 Å². The predicted molar refractivity (Wildman–Crippen MR) is 122 cm³/mol. The Morgan fingerprint density at radius 2 is 2.06 bits per heavy atom. The van der Waals surface area contributed by atoms with Crippen molar-refractivity contribution >= 4 is 22.7 Å². The number of aromatic nitrogens is 4. The lowest BCUT2D eigenvalue weighted by Crippen LogP contribution is -2.38. The van der Waals surface area contributed by atoms with E-state index >= 15 is 0 Å². The molecule has 176 valence electrons. The van der Waals surface area contributed by atoms with E-state index in [1.54, 1.807) is 30.2 Å². The van der Waals surface area contributed by atoms with Gasteiger partial charge in [-0.1, -0.05) is 6.92 Å². The van der Waals surface area contributed by atoms with Crippen LogP contribution >= 0.6 is 0 Å². The number of aryl methyl sites for hydroxylation is 1. The Balaban J connectivity index is 1.44. The summed E-state index contributed by atoms with van der Waals surface area (Å²) < 4.78 is 42.8. The number of aliphatic hydroxyl groups is 1. The zero-order valence-corrected chi connectivity index (χ0v) is 18.5. The lowest BCUT2D eigenvalue weighted by molar-refractivity contribution is 0.0706. The van der Waals surface area contributed by atoms with Gasteiger partial charge in [0.15, 0.2) is 17.4 Å². The molecular weight excluding hydrogens is 446 g/mol. The van der Waals surface area contributed by atoms with Crippen molar-refractivity contribution < 1.29 is 23.4 Å². The standard InChI is InChI=1S/C23H22F2N6O3/c1-23(11-32)10-28-22(33-12-23)30-13-7-15(24)20(16(25)8-13)34-18-4-5-26-21-19(18)14(9-27-21)17-3-6-29-31(17)2/h3-9,32H,10-12H2,1-2H3,(H,26,27)(H,28,30)/t23-/m1/s1. The van der Waals surface area contributed by atoms with Gasteiger partial charge in [0, 0.05) is 54.4 Å². The molecule has 1 aliphatic rings. The first kappa shape index (κ1) is 21.8. The highest BCUT2D eigenvalue weighted by Gasteiger charge is 2.29. The number of halogens is 2. The first-order chi connectivity index (χ1) is 16.4. The molecule has 0 amide bonds. The van der Waals surface area contributed by atoms with Crippen LogP contribution in [0.4, 0.5) is 14.5 Å². The molecule has 3 N–H and O–H groups in total. The summed E-state index contributed by atoms with van der Waals surface area (Å²) in [7, 11) is 1.79. The average Bonchev–Trinajstić information content (AvgIpc) is 3.44. The molecule has 0 bridgehead atoms. The first-order valence-corrected chi connectivity index (χ1v) is 10.5. The van der Waals surface area contributed by atoms with E-state index in [2.05, 4.69) is 25.4 Å². The molecule has 0 aliphatic carbocycles. The second kappa shape index (κ2) is 8.41. The van der Waals surface area contributed by atoms with E-state index < -0.39 is 22.8 Å². The van der Waals surface area contributed by atoms with E-state index in [9.17, 15) is 13.9 Å². The monoisotopic (exact) mass is 468 g/mol. The molecule has 4 aromatic rings. The summed E-state index contributed by atoms with van der Waals surface area (Å²) in [5.41, 5.74) is 1.66. The summed E-state index contributed by atoms with van der Waals surface area (Å²) in [6, 6.07) is 5.69. The molecule has 11 heteroatoms. The van der Waals surface area contributed by atoms with E-state index in [1.807, 2.05) is 13.0 Å². The fourth-order valence-corrected chi connectivity index (χ4v) is 3.68. The van der Waals surface area contributed by atoms with Gasteiger partial charge in [0.25, 0.3) is 6.02 Å². The number of aromatic amines is 1. The van der Waals surface area contributed by atoms with E-state index in [0.717, 1.165) is 23.4 Å². The molecule has 34 heavy (non-hydrogen) atoms. The van der Waals surface area contributed by atoms with Crippen LogP contribution in [0.15, 0.2) is 47.8 Å². The number of anilines is 1. The average molecular weight is 468 g/mol. The van der Waals surface area contributed by atoms with Gasteiger partial charge in [0.2, 0.25) is 0 Å². The number of nitrogens with one attached hydrogen (secondary N) is 2. The number of ether oxygens (including phenoxy) is 2. The van der Waals surface area contributed by atoms with Crippen molar-refractivity contribution in [2.75, 3.05) is 25.1 Å². The Hall–Kier alpha value is -3.99. The molecule has 1 aliphatic heterocycles. The molecule has 0 saturated carbocycles. The number of rotatable bonds is 5. The number of aliphatic imine (C=N–C) groups is 1. The quantitative estimate of drug-likeness (QED) is 0.411. The number of pyridine rings is 1. The maximum absolute atomic E-state index is 14.9. The Kier molecular flexibility index (Phi) is 5.40. The number of nitrogens with zero attached hydrogens (tertiary/aromatic N) is 4. The summed E-state index contributed by atoms with van der Waals surface area (Å²) in [6.07, 6.45) is 4.89. The van der Waals surface area contributed by atoms with Gasteiger partial charge in [-0.2, -0.15) is 5.10 Å². The predicted octanol–water partition coefficient (Wildman–Crippen LogP) is 3.83. The molecule has 9 nitrogen and oxygen atoms in total. The summed E-state index contributed by atoms with van der Waals surface area (Å²) in [4.78, 5) is 11.5. The normalized spacial score (nSPS) is 18.0. The Morgan fingerprint density at radius 1 is 1.26 bits per heavy atom. The molecule has 0 spiro atoms. The number of hydrogen-bond acceptors (Lipinski definition) is 7.